The van der Waals surface area contributed by atoms with E-state index < -0.39 is 11.9 Å². The van der Waals surface area contributed by atoms with Gasteiger partial charge in [-0.05, 0) is 43.7 Å². The number of aryl methyl sites for hydroxylation is 1. The molecule has 0 aliphatic heterocycles. The average molecular weight is 357 g/mol. The fourth-order valence-corrected chi connectivity index (χ4v) is 2.91. The Kier molecular flexibility index (Phi) is 6.77. The number of carbonyl (C=O) groups is 3. The molecule has 1 N–H and O–H groups in total. The van der Waals surface area contributed by atoms with Crippen LogP contribution < -0.4 is 5.32 Å². The molecule has 0 radical (unpaired) electrons. The number of rotatable bonds is 7. The molecule has 0 atom stereocenters. The van der Waals surface area contributed by atoms with Crippen LogP contribution in [0.2, 0.25) is 0 Å². The second kappa shape index (κ2) is 9.03. The van der Waals surface area contributed by atoms with Gasteiger partial charge in [0.05, 0.1) is 11.3 Å². The van der Waals surface area contributed by atoms with Crippen LogP contribution in [0.1, 0.15) is 22.8 Å². The van der Waals surface area contributed by atoms with Crippen molar-refractivity contribution in [1.29, 1.82) is 0 Å². The number of hydrogen-bond donors (Lipinski definition) is 1. The maximum atomic E-state index is 12.2. The van der Waals surface area contributed by atoms with E-state index in [-0.39, 0.29) is 18.1 Å². The minimum Gasteiger partial charge on any atom is -0.452 e. The van der Waals surface area contributed by atoms with Crippen LogP contribution >= 0.6 is 11.8 Å². The first-order chi connectivity index (χ1) is 12.0. The standard InChI is InChI=1S/C19H19NO4S/c1-13-6-5-7-15(10-13)20-18(22)11-24-19(23)16-8-3-4-9-17(16)25-12-14(2)21/h3-10H,11-12H2,1-2H3,(H,20,22). The third kappa shape index (κ3) is 6.08. The fourth-order valence-electron chi connectivity index (χ4n) is 2.07. The summed E-state index contributed by atoms with van der Waals surface area (Å²) >= 11 is 1.27. The molecule has 2 aromatic rings. The van der Waals surface area contributed by atoms with Gasteiger partial charge in [-0.1, -0.05) is 24.3 Å². The van der Waals surface area contributed by atoms with Crippen molar-refractivity contribution < 1.29 is 19.1 Å². The Bertz CT molecular complexity index is 788. The third-order valence-corrected chi connectivity index (χ3v) is 4.39. The average Bonchev–Trinajstić information content (AvgIpc) is 2.58. The minimum absolute atomic E-state index is 0.0192. The number of esters is 1. The lowest BCUT2D eigenvalue weighted by molar-refractivity contribution is -0.119. The van der Waals surface area contributed by atoms with Gasteiger partial charge in [-0.15, -0.1) is 11.8 Å². The van der Waals surface area contributed by atoms with Crippen molar-refractivity contribution in [3.8, 4) is 0 Å². The van der Waals surface area contributed by atoms with Gasteiger partial charge in [0.2, 0.25) is 0 Å². The Morgan fingerprint density at radius 3 is 2.56 bits per heavy atom. The highest BCUT2D eigenvalue weighted by atomic mass is 32.2. The fraction of sp³-hybridized carbons (Fsp3) is 0.211. The van der Waals surface area contributed by atoms with Gasteiger partial charge in [0.1, 0.15) is 5.78 Å². The van der Waals surface area contributed by atoms with Crippen molar-refractivity contribution in [2.24, 2.45) is 0 Å². The number of anilines is 1. The Hall–Kier alpha value is -2.60. The number of carbonyl (C=O) groups excluding carboxylic acids is 3. The van der Waals surface area contributed by atoms with Crippen LogP contribution in [0.3, 0.4) is 0 Å². The Labute approximate surface area is 150 Å². The van der Waals surface area contributed by atoms with Crippen LogP contribution in [-0.2, 0) is 14.3 Å². The van der Waals surface area contributed by atoms with Gasteiger partial charge >= 0.3 is 5.97 Å². The summed E-state index contributed by atoms with van der Waals surface area (Å²) in [7, 11) is 0. The van der Waals surface area contributed by atoms with Crippen LogP contribution in [-0.4, -0.2) is 30.0 Å². The monoisotopic (exact) mass is 357 g/mol. The highest BCUT2D eigenvalue weighted by Crippen LogP contribution is 2.23. The molecule has 0 heterocycles. The molecule has 2 rings (SSSR count). The van der Waals surface area contributed by atoms with Crippen molar-refractivity contribution in [3.63, 3.8) is 0 Å². The predicted molar refractivity (Wildman–Crippen MR) is 97.9 cm³/mol. The summed E-state index contributed by atoms with van der Waals surface area (Å²) in [6, 6.07) is 14.2. The zero-order valence-electron chi connectivity index (χ0n) is 14.1. The minimum atomic E-state index is -0.592. The summed E-state index contributed by atoms with van der Waals surface area (Å²) in [5, 5.41) is 2.68. The molecule has 0 aromatic heterocycles. The molecule has 2 aromatic carbocycles. The topological polar surface area (TPSA) is 72.5 Å². The third-order valence-electron chi connectivity index (χ3n) is 3.17. The lowest BCUT2D eigenvalue weighted by atomic mass is 10.2. The van der Waals surface area contributed by atoms with Crippen molar-refractivity contribution in [1.82, 2.24) is 0 Å². The predicted octanol–water partition coefficient (Wildman–Crippen LogP) is 3.47. The highest BCUT2D eigenvalue weighted by Gasteiger charge is 2.15. The molecular weight excluding hydrogens is 338 g/mol. The molecule has 0 spiro atoms. The van der Waals surface area contributed by atoms with Gasteiger partial charge in [0.15, 0.2) is 6.61 Å². The summed E-state index contributed by atoms with van der Waals surface area (Å²) in [5.74, 6) is -0.706. The molecule has 0 aliphatic rings. The van der Waals surface area contributed by atoms with Crippen molar-refractivity contribution in [2.75, 3.05) is 17.7 Å². The number of hydrogen-bond acceptors (Lipinski definition) is 5. The number of thioether (sulfide) groups is 1. The zero-order valence-corrected chi connectivity index (χ0v) is 14.9. The van der Waals surface area contributed by atoms with E-state index >= 15 is 0 Å². The Morgan fingerprint density at radius 2 is 1.84 bits per heavy atom. The summed E-state index contributed by atoms with van der Waals surface area (Å²) in [6.07, 6.45) is 0. The summed E-state index contributed by atoms with van der Waals surface area (Å²) in [6.45, 7) is 3.04. The summed E-state index contributed by atoms with van der Waals surface area (Å²) < 4.78 is 5.09. The first kappa shape index (κ1) is 18.7. The lowest BCUT2D eigenvalue weighted by Crippen LogP contribution is -2.21. The first-order valence-corrected chi connectivity index (χ1v) is 8.69. The van der Waals surface area contributed by atoms with E-state index in [0.29, 0.717) is 16.1 Å². The molecule has 0 saturated heterocycles. The molecule has 0 aliphatic carbocycles. The lowest BCUT2D eigenvalue weighted by Gasteiger charge is -2.09. The van der Waals surface area contributed by atoms with E-state index in [9.17, 15) is 14.4 Å². The van der Waals surface area contributed by atoms with E-state index in [0.717, 1.165) is 5.56 Å². The van der Waals surface area contributed by atoms with E-state index in [2.05, 4.69) is 5.32 Å². The molecule has 6 heteroatoms. The van der Waals surface area contributed by atoms with Gasteiger partial charge in [0.25, 0.3) is 5.91 Å². The molecule has 0 unspecified atom stereocenters. The van der Waals surface area contributed by atoms with E-state index in [1.807, 2.05) is 25.1 Å². The summed E-state index contributed by atoms with van der Waals surface area (Å²) in [4.78, 5) is 35.9. The largest absolute Gasteiger partial charge is 0.452 e. The summed E-state index contributed by atoms with van der Waals surface area (Å²) in [5.41, 5.74) is 2.02. The van der Waals surface area contributed by atoms with Crippen molar-refractivity contribution >= 4 is 35.1 Å². The molecule has 0 fully saturated rings. The van der Waals surface area contributed by atoms with Crippen molar-refractivity contribution in [3.05, 3.63) is 59.7 Å². The molecule has 1 amide bonds. The molecule has 5 nitrogen and oxygen atoms in total. The molecule has 0 saturated carbocycles. The van der Waals surface area contributed by atoms with Gasteiger partial charge < -0.3 is 10.1 Å². The van der Waals surface area contributed by atoms with Crippen LogP contribution in [0.5, 0.6) is 0 Å². The number of ketones is 1. The van der Waals surface area contributed by atoms with Gasteiger partial charge in [-0.2, -0.15) is 0 Å². The molecule has 130 valence electrons. The molecular formula is C19H19NO4S. The number of Topliss-reactive ketones (excluding diaryl/α,β-unsaturated/α-hetero) is 1. The van der Waals surface area contributed by atoms with Crippen LogP contribution in [0.25, 0.3) is 0 Å². The second-order valence-corrected chi connectivity index (χ2v) is 6.50. The number of nitrogens with one attached hydrogen (secondary N) is 1. The maximum absolute atomic E-state index is 12.2. The van der Waals surface area contributed by atoms with Gasteiger partial charge in [-0.3, -0.25) is 9.59 Å². The van der Waals surface area contributed by atoms with E-state index in [1.54, 1.807) is 30.3 Å². The zero-order chi connectivity index (χ0) is 18.2. The van der Waals surface area contributed by atoms with Crippen LogP contribution in [0.4, 0.5) is 5.69 Å². The Balaban J connectivity index is 1.93. The van der Waals surface area contributed by atoms with Crippen LogP contribution in [0, 0.1) is 6.92 Å². The highest BCUT2D eigenvalue weighted by molar-refractivity contribution is 8.00. The Morgan fingerprint density at radius 1 is 1.08 bits per heavy atom. The smallest absolute Gasteiger partial charge is 0.339 e. The number of amides is 1. The van der Waals surface area contributed by atoms with Gasteiger partial charge in [0, 0.05) is 10.6 Å². The van der Waals surface area contributed by atoms with E-state index in [1.165, 1.54) is 18.7 Å². The van der Waals surface area contributed by atoms with E-state index in [4.69, 9.17) is 4.74 Å². The normalized spacial score (nSPS) is 10.2. The van der Waals surface area contributed by atoms with Crippen molar-refractivity contribution in [2.45, 2.75) is 18.7 Å². The second-order valence-electron chi connectivity index (χ2n) is 5.48. The quantitative estimate of drug-likeness (QED) is 0.607. The molecule has 25 heavy (non-hydrogen) atoms. The maximum Gasteiger partial charge on any atom is 0.339 e. The first-order valence-electron chi connectivity index (χ1n) is 7.70. The SMILES string of the molecule is CC(=O)CSc1ccccc1C(=O)OCC(=O)Nc1cccc(C)c1. The van der Waals surface area contributed by atoms with Gasteiger partial charge in [-0.25, -0.2) is 4.79 Å². The number of ether oxygens (including phenoxy) is 1. The number of benzene rings is 2. The molecule has 0 bridgehead atoms. The van der Waals surface area contributed by atoms with Crippen LogP contribution in [0.15, 0.2) is 53.4 Å².